The first-order chi connectivity index (χ1) is 9.17. The molecule has 0 aromatic carbocycles. The molecule has 1 aliphatic carbocycles. The summed E-state index contributed by atoms with van der Waals surface area (Å²) in [5.74, 6) is 2.01. The smallest absolute Gasteiger partial charge is 0.272 e. The maximum atomic E-state index is 12.5. The molecule has 1 N–H and O–H groups in total. The van der Waals surface area contributed by atoms with E-state index in [0.717, 1.165) is 30.6 Å². The van der Waals surface area contributed by atoms with Gasteiger partial charge >= 0.3 is 0 Å². The van der Waals surface area contributed by atoms with Crippen LogP contribution in [0.2, 0.25) is 0 Å². The Balaban J connectivity index is 1.79. The third-order valence-electron chi connectivity index (χ3n) is 4.31. The summed E-state index contributed by atoms with van der Waals surface area (Å²) in [7, 11) is 1.77. The van der Waals surface area contributed by atoms with Crippen molar-refractivity contribution in [3.63, 3.8) is 0 Å². The highest BCUT2D eigenvalue weighted by atomic mass is 16.2. The normalized spacial score (nSPS) is 25.5. The zero-order valence-corrected chi connectivity index (χ0v) is 11.5. The molecule has 0 radical (unpaired) electrons. The van der Waals surface area contributed by atoms with Gasteiger partial charge in [0.2, 0.25) is 5.95 Å². The lowest BCUT2D eigenvalue weighted by Gasteiger charge is -2.17. The molecular formula is C14H20N4O. The third-order valence-corrected chi connectivity index (χ3v) is 4.31. The predicted molar refractivity (Wildman–Crippen MR) is 73.1 cm³/mol. The molecule has 0 unspecified atom stereocenters. The van der Waals surface area contributed by atoms with Crippen molar-refractivity contribution in [2.24, 2.45) is 11.8 Å². The highest BCUT2D eigenvalue weighted by Crippen LogP contribution is 2.38. The van der Waals surface area contributed by atoms with Crippen LogP contribution in [-0.4, -0.2) is 40.9 Å². The number of carbonyl (C=O) groups is 1. The maximum Gasteiger partial charge on any atom is 0.272 e. The second-order valence-electron chi connectivity index (χ2n) is 5.63. The number of likely N-dealkylation sites (tertiary alicyclic amines) is 1. The molecule has 0 bridgehead atoms. The van der Waals surface area contributed by atoms with Crippen LogP contribution in [0.4, 0.5) is 5.95 Å². The van der Waals surface area contributed by atoms with E-state index in [4.69, 9.17) is 0 Å². The molecule has 2 fully saturated rings. The standard InChI is InChI=1S/C14H20N4O/c1-9-6-12(17-14(15-2)16-9)13(19)18-7-10-4-3-5-11(10)8-18/h6,10-11H,3-5,7-8H2,1-2H3,(H,15,16,17)/t10-,11+. The fourth-order valence-corrected chi connectivity index (χ4v) is 3.35. The summed E-state index contributed by atoms with van der Waals surface area (Å²) in [6.45, 7) is 3.70. The maximum absolute atomic E-state index is 12.5. The molecular weight excluding hydrogens is 240 g/mol. The van der Waals surface area contributed by atoms with Gasteiger partial charge in [0.25, 0.3) is 5.91 Å². The van der Waals surface area contributed by atoms with Crippen LogP contribution >= 0.6 is 0 Å². The molecule has 3 rings (SSSR count). The van der Waals surface area contributed by atoms with Gasteiger partial charge in [0.15, 0.2) is 0 Å². The van der Waals surface area contributed by atoms with Crippen LogP contribution in [0.3, 0.4) is 0 Å². The number of hydrogen-bond acceptors (Lipinski definition) is 4. The van der Waals surface area contributed by atoms with Crippen molar-refractivity contribution in [3.8, 4) is 0 Å². The van der Waals surface area contributed by atoms with Crippen molar-refractivity contribution in [1.29, 1.82) is 0 Å². The minimum absolute atomic E-state index is 0.0522. The molecule has 2 aliphatic rings. The number of nitrogens with zero attached hydrogens (tertiary/aromatic N) is 3. The fraction of sp³-hybridized carbons (Fsp3) is 0.643. The summed E-state index contributed by atoms with van der Waals surface area (Å²) in [6.07, 6.45) is 3.88. The highest BCUT2D eigenvalue weighted by molar-refractivity contribution is 5.92. The van der Waals surface area contributed by atoms with Crippen LogP contribution in [-0.2, 0) is 0 Å². The van der Waals surface area contributed by atoms with E-state index in [1.807, 2.05) is 11.8 Å². The zero-order chi connectivity index (χ0) is 13.4. The molecule has 0 spiro atoms. The first-order valence-electron chi connectivity index (χ1n) is 7.00. The van der Waals surface area contributed by atoms with Gasteiger partial charge in [0.1, 0.15) is 5.69 Å². The molecule has 5 nitrogen and oxygen atoms in total. The van der Waals surface area contributed by atoms with E-state index in [0.29, 0.717) is 11.6 Å². The van der Waals surface area contributed by atoms with Crippen molar-refractivity contribution in [1.82, 2.24) is 14.9 Å². The van der Waals surface area contributed by atoms with E-state index in [1.165, 1.54) is 19.3 Å². The van der Waals surface area contributed by atoms with Gasteiger partial charge in [-0.25, -0.2) is 9.97 Å². The van der Waals surface area contributed by atoms with Crippen LogP contribution in [0.15, 0.2) is 6.07 Å². The minimum Gasteiger partial charge on any atom is -0.357 e. The zero-order valence-electron chi connectivity index (χ0n) is 11.5. The lowest BCUT2D eigenvalue weighted by molar-refractivity contribution is 0.0774. The van der Waals surface area contributed by atoms with E-state index in [1.54, 1.807) is 13.1 Å². The van der Waals surface area contributed by atoms with E-state index in [9.17, 15) is 4.79 Å². The summed E-state index contributed by atoms with van der Waals surface area (Å²) >= 11 is 0. The number of anilines is 1. The molecule has 5 heteroatoms. The van der Waals surface area contributed by atoms with Gasteiger partial charge in [-0.1, -0.05) is 6.42 Å². The summed E-state index contributed by atoms with van der Waals surface area (Å²) < 4.78 is 0. The van der Waals surface area contributed by atoms with Crippen LogP contribution < -0.4 is 5.32 Å². The number of amides is 1. The summed E-state index contributed by atoms with van der Waals surface area (Å²) in [4.78, 5) is 23.0. The quantitative estimate of drug-likeness (QED) is 0.879. The Morgan fingerprint density at radius 1 is 1.32 bits per heavy atom. The summed E-state index contributed by atoms with van der Waals surface area (Å²) in [5.41, 5.74) is 1.33. The topological polar surface area (TPSA) is 58.1 Å². The average Bonchev–Trinajstić information content (AvgIpc) is 2.97. The Morgan fingerprint density at radius 3 is 2.63 bits per heavy atom. The largest absolute Gasteiger partial charge is 0.357 e. The van der Waals surface area contributed by atoms with E-state index in [-0.39, 0.29) is 5.91 Å². The van der Waals surface area contributed by atoms with Crippen molar-refractivity contribution >= 4 is 11.9 Å². The van der Waals surface area contributed by atoms with Crippen LogP contribution in [0.5, 0.6) is 0 Å². The molecule has 102 valence electrons. The number of rotatable bonds is 2. The SMILES string of the molecule is CNc1nc(C)cc(C(=O)N2C[C@H]3CCC[C@H]3C2)n1. The number of aromatic nitrogens is 2. The molecule has 19 heavy (non-hydrogen) atoms. The predicted octanol–water partition coefficient (Wildman–Crippen LogP) is 1.70. The summed E-state index contributed by atoms with van der Waals surface area (Å²) in [6, 6.07) is 1.78. The van der Waals surface area contributed by atoms with Gasteiger partial charge in [-0.2, -0.15) is 0 Å². The first kappa shape index (κ1) is 12.4. The lowest BCUT2D eigenvalue weighted by atomic mass is 10.0. The monoisotopic (exact) mass is 260 g/mol. The van der Waals surface area contributed by atoms with Crippen molar-refractivity contribution in [2.75, 3.05) is 25.5 Å². The second-order valence-corrected chi connectivity index (χ2v) is 5.63. The van der Waals surface area contributed by atoms with Crippen LogP contribution in [0.1, 0.15) is 35.4 Å². The van der Waals surface area contributed by atoms with Gasteiger partial charge in [0.05, 0.1) is 0 Å². The molecule has 2 atom stereocenters. The number of aryl methyl sites for hydroxylation is 1. The molecule has 1 aromatic heterocycles. The molecule has 1 aliphatic heterocycles. The van der Waals surface area contributed by atoms with Gasteiger partial charge in [-0.15, -0.1) is 0 Å². The molecule has 1 aromatic rings. The van der Waals surface area contributed by atoms with Gasteiger partial charge in [-0.3, -0.25) is 4.79 Å². The Morgan fingerprint density at radius 2 is 2.00 bits per heavy atom. The number of carbonyl (C=O) groups excluding carboxylic acids is 1. The molecule has 1 saturated heterocycles. The lowest BCUT2D eigenvalue weighted by Crippen LogP contribution is -2.30. The van der Waals surface area contributed by atoms with Crippen molar-refractivity contribution in [3.05, 3.63) is 17.5 Å². The van der Waals surface area contributed by atoms with Gasteiger partial charge in [-0.05, 0) is 37.7 Å². The van der Waals surface area contributed by atoms with Gasteiger partial charge < -0.3 is 10.2 Å². The third kappa shape index (κ3) is 2.29. The minimum atomic E-state index is 0.0522. The van der Waals surface area contributed by atoms with Gasteiger partial charge in [0, 0.05) is 25.8 Å². The Kier molecular flexibility index (Phi) is 3.12. The first-order valence-corrected chi connectivity index (χ1v) is 7.00. The molecule has 1 amide bonds. The second kappa shape index (κ2) is 4.79. The van der Waals surface area contributed by atoms with Crippen LogP contribution in [0, 0.1) is 18.8 Å². The Bertz CT molecular complexity index is 490. The van der Waals surface area contributed by atoms with Crippen molar-refractivity contribution < 1.29 is 4.79 Å². The average molecular weight is 260 g/mol. The van der Waals surface area contributed by atoms with Crippen LogP contribution in [0.25, 0.3) is 0 Å². The van der Waals surface area contributed by atoms with E-state index >= 15 is 0 Å². The molecule has 1 saturated carbocycles. The van der Waals surface area contributed by atoms with E-state index < -0.39 is 0 Å². The van der Waals surface area contributed by atoms with E-state index in [2.05, 4.69) is 15.3 Å². The highest BCUT2D eigenvalue weighted by Gasteiger charge is 2.38. The summed E-state index contributed by atoms with van der Waals surface area (Å²) in [5, 5.41) is 2.90. The number of hydrogen-bond donors (Lipinski definition) is 1. The number of nitrogens with one attached hydrogen (secondary N) is 1. The Hall–Kier alpha value is -1.65. The fourth-order valence-electron chi connectivity index (χ4n) is 3.35. The van der Waals surface area contributed by atoms with Crippen molar-refractivity contribution in [2.45, 2.75) is 26.2 Å². The number of fused-ring (bicyclic) bond motifs is 1. The molecule has 2 heterocycles. The Labute approximate surface area is 113 Å².